The molecule has 0 unspecified atom stereocenters. The molecule has 1 aliphatic heterocycles. The van der Waals surface area contributed by atoms with Crippen LogP contribution in [0.15, 0.2) is 63.5 Å². The zero-order chi connectivity index (χ0) is 29.7. The lowest BCUT2D eigenvalue weighted by atomic mass is 9.65. The molecule has 2 aromatic rings. The first-order chi connectivity index (χ1) is 19.3. The Kier molecular flexibility index (Phi) is 7.66. The number of hydrogen-bond donors (Lipinski definition) is 1. The summed E-state index contributed by atoms with van der Waals surface area (Å²) in [6.07, 6.45) is 2.01. The third-order valence-electron chi connectivity index (χ3n) is 7.83. The zero-order valence-electron chi connectivity index (χ0n) is 24.1. The first-order valence-electron chi connectivity index (χ1n) is 13.9. The quantitative estimate of drug-likeness (QED) is 0.341. The van der Waals surface area contributed by atoms with Crippen LogP contribution in [0.2, 0.25) is 0 Å². The maximum Gasteiger partial charge on any atom is 0.335 e. The number of halogens is 1. The van der Waals surface area contributed by atoms with Crippen LogP contribution in [-0.4, -0.2) is 29.2 Å². The summed E-state index contributed by atoms with van der Waals surface area (Å²) < 4.78 is 19.2. The van der Waals surface area contributed by atoms with Crippen molar-refractivity contribution in [1.29, 1.82) is 0 Å². The molecule has 0 amide bonds. The minimum Gasteiger partial charge on any atom is -0.490 e. The summed E-state index contributed by atoms with van der Waals surface area (Å²) >= 11 is 3.67. The highest BCUT2D eigenvalue weighted by molar-refractivity contribution is 9.10. The number of carboxylic acids is 1. The van der Waals surface area contributed by atoms with Crippen LogP contribution in [0.25, 0.3) is 0 Å². The summed E-state index contributed by atoms with van der Waals surface area (Å²) in [5.74, 6) is 0.782. The minimum atomic E-state index is -0.987. The Morgan fingerprint density at radius 2 is 1.49 bits per heavy atom. The second kappa shape index (κ2) is 10.8. The monoisotopic (exact) mass is 622 g/mol. The highest BCUT2D eigenvalue weighted by Crippen LogP contribution is 2.54. The Hall–Kier alpha value is -3.39. The van der Waals surface area contributed by atoms with Gasteiger partial charge in [-0.15, -0.1) is 0 Å². The molecule has 1 heterocycles. The van der Waals surface area contributed by atoms with Gasteiger partial charge in [0.2, 0.25) is 0 Å². The van der Waals surface area contributed by atoms with Gasteiger partial charge in [0.1, 0.15) is 18.1 Å². The molecule has 0 aromatic heterocycles. The van der Waals surface area contributed by atoms with E-state index in [9.17, 15) is 14.4 Å². The minimum absolute atomic E-state index is 0.00431. The molecule has 41 heavy (non-hydrogen) atoms. The van der Waals surface area contributed by atoms with Crippen molar-refractivity contribution in [3.63, 3.8) is 0 Å². The van der Waals surface area contributed by atoms with Crippen molar-refractivity contribution in [2.75, 3.05) is 6.61 Å². The Bertz CT molecular complexity index is 1440. The van der Waals surface area contributed by atoms with Gasteiger partial charge in [-0.3, -0.25) is 9.59 Å². The molecule has 0 bridgehead atoms. The van der Waals surface area contributed by atoms with Gasteiger partial charge in [-0.05, 0) is 69.1 Å². The maximum absolute atomic E-state index is 13.6. The number of carboxylic acid groups (broad SMARTS) is 1. The Labute approximate surface area is 248 Å². The zero-order valence-corrected chi connectivity index (χ0v) is 25.6. The molecule has 0 spiro atoms. The fourth-order valence-electron chi connectivity index (χ4n) is 6.06. The molecule has 216 valence electrons. The second-order valence-electron chi connectivity index (χ2n) is 12.6. The van der Waals surface area contributed by atoms with Gasteiger partial charge in [0.25, 0.3) is 0 Å². The van der Waals surface area contributed by atoms with Crippen molar-refractivity contribution in [3.05, 3.63) is 80.2 Å². The molecule has 0 saturated heterocycles. The normalized spacial score (nSPS) is 19.9. The lowest BCUT2D eigenvalue weighted by Gasteiger charge is -2.42. The van der Waals surface area contributed by atoms with E-state index in [0.717, 1.165) is 11.1 Å². The van der Waals surface area contributed by atoms with Crippen molar-refractivity contribution in [2.24, 2.45) is 10.8 Å². The van der Waals surface area contributed by atoms with Crippen LogP contribution in [0.1, 0.15) is 87.7 Å². The SMILES string of the molecule is CCOc1cc(C2C3=C(CC(C)(C)CC3=O)OC3=C2C(=O)CC(C)(C)C3)cc(Br)c1OCc1ccc(C(=O)O)cc1. The molecule has 8 heteroatoms. The fourth-order valence-corrected chi connectivity index (χ4v) is 6.64. The largest absolute Gasteiger partial charge is 0.490 e. The van der Waals surface area contributed by atoms with Crippen LogP contribution in [0.5, 0.6) is 11.5 Å². The Morgan fingerprint density at radius 1 is 0.927 bits per heavy atom. The maximum atomic E-state index is 13.6. The van der Waals surface area contributed by atoms with Gasteiger partial charge in [-0.1, -0.05) is 39.8 Å². The van der Waals surface area contributed by atoms with E-state index in [0.29, 0.717) is 70.9 Å². The summed E-state index contributed by atoms with van der Waals surface area (Å²) in [5.41, 5.74) is 2.44. The summed E-state index contributed by atoms with van der Waals surface area (Å²) in [6, 6.07) is 10.3. The van der Waals surface area contributed by atoms with Gasteiger partial charge in [0.05, 0.1) is 16.6 Å². The van der Waals surface area contributed by atoms with Gasteiger partial charge in [0, 0.05) is 42.7 Å². The van der Waals surface area contributed by atoms with E-state index in [1.807, 2.05) is 19.1 Å². The summed E-state index contributed by atoms with van der Waals surface area (Å²) in [5, 5.41) is 9.17. The highest BCUT2D eigenvalue weighted by Gasteiger charge is 2.48. The first kappa shape index (κ1) is 29.1. The molecule has 0 fully saturated rings. The summed E-state index contributed by atoms with van der Waals surface area (Å²) in [7, 11) is 0. The van der Waals surface area contributed by atoms with E-state index >= 15 is 0 Å². The molecule has 0 atom stereocenters. The van der Waals surface area contributed by atoms with Crippen molar-refractivity contribution >= 4 is 33.5 Å². The molecule has 2 aromatic carbocycles. The van der Waals surface area contributed by atoms with Crippen LogP contribution in [0.4, 0.5) is 0 Å². The number of hydrogen-bond acceptors (Lipinski definition) is 6. The summed E-state index contributed by atoms with van der Waals surface area (Å²) in [6.45, 7) is 10.7. The molecule has 0 radical (unpaired) electrons. The van der Waals surface area contributed by atoms with Gasteiger partial charge in [-0.25, -0.2) is 4.79 Å². The van der Waals surface area contributed by atoms with Gasteiger partial charge in [0.15, 0.2) is 23.1 Å². The number of carbonyl (C=O) groups is 3. The third kappa shape index (κ3) is 5.85. The number of rotatable bonds is 7. The molecule has 3 aliphatic rings. The standard InChI is InChI=1S/C33H35BrO7/c1-6-39-24-12-20(11-21(34)30(24)40-17-18-7-9-19(10-8-18)31(37)38)27-28-22(35)13-32(2,3)15-25(28)41-26-16-33(4,5)14-23(36)29(26)27/h7-12,27H,6,13-17H2,1-5H3,(H,37,38). The van der Waals surface area contributed by atoms with Crippen molar-refractivity contribution < 1.29 is 33.7 Å². The smallest absolute Gasteiger partial charge is 0.335 e. The van der Waals surface area contributed by atoms with E-state index in [1.54, 1.807) is 12.1 Å². The van der Waals surface area contributed by atoms with Crippen molar-refractivity contribution in [1.82, 2.24) is 0 Å². The number of carbonyl (C=O) groups excluding carboxylic acids is 2. The van der Waals surface area contributed by atoms with Gasteiger partial charge in [-0.2, -0.15) is 0 Å². The van der Waals surface area contributed by atoms with E-state index < -0.39 is 11.9 Å². The van der Waals surface area contributed by atoms with Gasteiger partial charge < -0.3 is 19.3 Å². The van der Waals surface area contributed by atoms with Crippen LogP contribution in [0, 0.1) is 10.8 Å². The van der Waals surface area contributed by atoms with Crippen molar-refractivity contribution in [3.8, 4) is 11.5 Å². The predicted molar refractivity (Wildman–Crippen MR) is 157 cm³/mol. The van der Waals surface area contributed by atoms with Crippen LogP contribution in [-0.2, 0) is 20.9 Å². The van der Waals surface area contributed by atoms with E-state index in [2.05, 4.69) is 43.6 Å². The molecule has 1 N–H and O–H groups in total. The molecule has 0 saturated carbocycles. The van der Waals surface area contributed by atoms with E-state index in [1.165, 1.54) is 12.1 Å². The predicted octanol–water partition coefficient (Wildman–Crippen LogP) is 7.53. The summed E-state index contributed by atoms with van der Waals surface area (Å²) in [4.78, 5) is 38.5. The number of allylic oxidation sites excluding steroid dienone is 4. The number of ether oxygens (including phenoxy) is 3. The number of Topliss-reactive ketones (excluding diaryl/α,β-unsaturated/α-hetero) is 2. The van der Waals surface area contributed by atoms with Crippen molar-refractivity contribution in [2.45, 2.75) is 72.8 Å². The lowest BCUT2D eigenvalue weighted by molar-refractivity contribution is -0.120. The molecular weight excluding hydrogens is 588 g/mol. The average molecular weight is 624 g/mol. The Balaban J connectivity index is 1.57. The number of benzene rings is 2. The topological polar surface area (TPSA) is 99.1 Å². The fraction of sp³-hybridized carbons (Fsp3) is 0.424. The average Bonchev–Trinajstić information content (AvgIpc) is 2.85. The highest BCUT2D eigenvalue weighted by atomic mass is 79.9. The number of aromatic carboxylic acids is 1. The first-order valence-corrected chi connectivity index (χ1v) is 14.7. The molecule has 2 aliphatic carbocycles. The lowest BCUT2D eigenvalue weighted by Crippen LogP contribution is -2.37. The van der Waals surface area contributed by atoms with Gasteiger partial charge >= 0.3 is 5.97 Å². The number of ketones is 2. The van der Waals surface area contributed by atoms with Crippen LogP contribution < -0.4 is 9.47 Å². The van der Waals surface area contributed by atoms with Crippen LogP contribution in [0.3, 0.4) is 0 Å². The van der Waals surface area contributed by atoms with E-state index in [-0.39, 0.29) is 34.6 Å². The second-order valence-corrected chi connectivity index (χ2v) is 13.5. The van der Waals surface area contributed by atoms with E-state index in [4.69, 9.17) is 19.3 Å². The van der Waals surface area contributed by atoms with Crippen LogP contribution >= 0.6 is 15.9 Å². The molecule has 5 rings (SSSR count). The molecule has 7 nitrogen and oxygen atoms in total. The Morgan fingerprint density at radius 3 is 2.00 bits per heavy atom. The third-order valence-corrected chi connectivity index (χ3v) is 8.42. The molecular formula is C33H35BrO7.